The Morgan fingerprint density at radius 3 is 2.52 bits per heavy atom. The summed E-state index contributed by atoms with van der Waals surface area (Å²) in [5.41, 5.74) is 4.61. The van der Waals surface area contributed by atoms with Crippen LogP contribution in [0.4, 0.5) is 5.00 Å². The van der Waals surface area contributed by atoms with E-state index in [0.29, 0.717) is 47.9 Å². The Morgan fingerprint density at radius 1 is 1.00 bits per heavy atom. The summed E-state index contributed by atoms with van der Waals surface area (Å²) in [6.07, 6.45) is 10.8. The van der Waals surface area contributed by atoms with E-state index in [4.69, 9.17) is 9.47 Å². The number of ether oxygens (including phenoxy) is 2. The third-order valence-corrected chi connectivity index (χ3v) is 12.7. The van der Waals surface area contributed by atoms with Crippen molar-refractivity contribution >= 4 is 39.9 Å². The number of carbonyl (C=O) groups excluding carboxylic acids is 4. The SMILES string of the molecule is CCC(CC)N(CCN(C)C(=O)CCC(=O)OCc1ccccc1)Cc1cccc(C(=O)Nc2sc3c(c2C(=O)c2cnn(C4CCCCO4)c2)CCC(C)(C)C3)c1. The Kier molecular flexibility index (Phi) is 14.7. The van der Waals surface area contributed by atoms with Crippen LogP contribution in [0.3, 0.4) is 0 Å². The predicted molar refractivity (Wildman–Crippen MR) is 227 cm³/mol. The van der Waals surface area contributed by atoms with Gasteiger partial charge in [-0.25, -0.2) is 4.68 Å². The fourth-order valence-electron chi connectivity index (χ4n) is 7.95. The molecular formula is C46H59N5O6S. The van der Waals surface area contributed by atoms with E-state index in [1.54, 1.807) is 29.0 Å². The number of esters is 1. The van der Waals surface area contributed by atoms with E-state index in [1.165, 1.54) is 11.3 Å². The van der Waals surface area contributed by atoms with Crippen LogP contribution < -0.4 is 5.32 Å². The topological polar surface area (TPSA) is 123 Å². The van der Waals surface area contributed by atoms with Gasteiger partial charge in [0.1, 0.15) is 17.8 Å². The number of rotatable bonds is 18. The number of carbonyl (C=O) groups is 4. The number of fused-ring (bicyclic) bond motifs is 1. The summed E-state index contributed by atoms with van der Waals surface area (Å²) in [6.45, 7) is 11.4. The number of amides is 2. The van der Waals surface area contributed by atoms with Gasteiger partial charge < -0.3 is 19.7 Å². The van der Waals surface area contributed by atoms with Crippen LogP contribution in [0.5, 0.6) is 0 Å². The third kappa shape index (κ3) is 11.1. The van der Waals surface area contributed by atoms with Gasteiger partial charge in [0, 0.05) is 62.4 Å². The summed E-state index contributed by atoms with van der Waals surface area (Å²) in [5, 5.41) is 8.26. The fraction of sp³-hybridized carbons (Fsp3) is 0.500. The number of thiophene rings is 1. The summed E-state index contributed by atoms with van der Waals surface area (Å²) >= 11 is 1.52. The zero-order valence-electron chi connectivity index (χ0n) is 34.8. The first-order valence-corrected chi connectivity index (χ1v) is 21.7. The van der Waals surface area contributed by atoms with E-state index in [-0.39, 0.29) is 54.7 Å². The molecule has 1 N–H and O–H groups in total. The number of ketones is 1. The van der Waals surface area contributed by atoms with Gasteiger partial charge in [-0.1, -0.05) is 70.2 Å². The second kappa shape index (κ2) is 19.9. The first kappa shape index (κ1) is 42.9. The van der Waals surface area contributed by atoms with Crippen LogP contribution in [0.1, 0.15) is 133 Å². The first-order chi connectivity index (χ1) is 27.9. The van der Waals surface area contributed by atoms with Gasteiger partial charge in [-0.15, -0.1) is 11.3 Å². The molecule has 58 heavy (non-hydrogen) atoms. The van der Waals surface area contributed by atoms with Crippen molar-refractivity contribution in [3.05, 3.63) is 105 Å². The largest absolute Gasteiger partial charge is 0.461 e. The Hall–Kier alpha value is -4.65. The molecule has 4 aromatic rings. The molecule has 1 saturated heterocycles. The molecule has 0 saturated carbocycles. The van der Waals surface area contributed by atoms with Crippen molar-refractivity contribution in [2.45, 2.75) is 117 Å². The number of aromatic nitrogens is 2. The number of nitrogens with zero attached hydrogens (tertiary/aromatic N) is 4. The number of benzene rings is 2. The maximum absolute atomic E-state index is 14.3. The summed E-state index contributed by atoms with van der Waals surface area (Å²) in [6, 6.07) is 17.4. The van der Waals surface area contributed by atoms with Crippen molar-refractivity contribution < 1.29 is 28.7 Å². The van der Waals surface area contributed by atoms with Crippen molar-refractivity contribution in [2.75, 3.05) is 32.1 Å². The van der Waals surface area contributed by atoms with Crippen molar-refractivity contribution in [1.82, 2.24) is 19.6 Å². The quantitative estimate of drug-likeness (QED) is 0.0784. The normalized spacial score (nSPS) is 16.2. The molecule has 2 aromatic heterocycles. The first-order valence-electron chi connectivity index (χ1n) is 20.9. The molecule has 1 aliphatic heterocycles. The minimum Gasteiger partial charge on any atom is -0.461 e. The van der Waals surface area contributed by atoms with E-state index in [2.05, 4.69) is 43.0 Å². The van der Waals surface area contributed by atoms with Crippen molar-refractivity contribution in [2.24, 2.45) is 5.41 Å². The maximum Gasteiger partial charge on any atom is 0.306 e. The minimum atomic E-state index is -0.393. The molecule has 11 nitrogen and oxygen atoms in total. The van der Waals surface area contributed by atoms with E-state index in [9.17, 15) is 19.2 Å². The van der Waals surface area contributed by atoms with Crippen LogP contribution in [0.2, 0.25) is 0 Å². The molecule has 12 heteroatoms. The molecule has 1 fully saturated rings. The van der Waals surface area contributed by atoms with Crippen molar-refractivity contribution in [3.63, 3.8) is 0 Å². The maximum atomic E-state index is 14.3. The van der Waals surface area contributed by atoms with Gasteiger partial charge in [0.25, 0.3) is 5.91 Å². The van der Waals surface area contributed by atoms with Gasteiger partial charge in [0.05, 0.1) is 23.7 Å². The summed E-state index contributed by atoms with van der Waals surface area (Å²) in [7, 11) is 1.77. The summed E-state index contributed by atoms with van der Waals surface area (Å²) in [4.78, 5) is 58.8. The highest BCUT2D eigenvalue weighted by Gasteiger charge is 2.34. The number of hydrogen-bond acceptors (Lipinski definition) is 9. The van der Waals surface area contributed by atoms with E-state index in [1.807, 2.05) is 54.6 Å². The van der Waals surface area contributed by atoms with Crippen LogP contribution in [-0.2, 0) is 45.1 Å². The monoisotopic (exact) mass is 809 g/mol. The summed E-state index contributed by atoms with van der Waals surface area (Å²) in [5.74, 6) is -0.892. The van der Waals surface area contributed by atoms with Crippen molar-refractivity contribution in [1.29, 1.82) is 0 Å². The average Bonchev–Trinajstić information content (AvgIpc) is 3.86. The van der Waals surface area contributed by atoms with Crippen LogP contribution in [0.25, 0.3) is 0 Å². The van der Waals surface area contributed by atoms with Gasteiger partial charge in [-0.05, 0) is 85.6 Å². The standard InChI is InChI=1S/C46H59N5O6S/c1-6-36(7-2)50(24-23-49(5)39(52)19-20-41(53)57-31-32-14-9-8-10-15-32)29-33-16-13-17-34(26-33)44(55)48-45-42(37-21-22-46(3,4)27-38(37)58-45)43(54)35-28-47-51(30-35)40-18-11-12-25-56-40/h8-10,13-17,26,28,30,36,40H,6-7,11-12,18-25,27,29,31H2,1-5H3,(H,48,55). The molecule has 6 rings (SSSR count). The molecule has 2 aromatic carbocycles. The second-order valence-electron chi connectivity index (χ2n) is 16.5. The summed E-state index contributed by atoms with van der Waals surface area (Å²) < 4.78 is 13.0. The molecule has 0 bridgehead atoms. The molecule has 2 aliphatic rings. The number of nitrogens with one attached hydrogen (secondary N) is 1. The Balaban J connectivity index is 1.11. The van der Waals surface area contributed by atoms with E-state index >= 15 is 0 Å². The highest BCUT2D eigenvalue weighted by atomic mass is 32.1. The van der Waals surface area contributed by atoms with Gasteiger partial charge in [0.15, 0.2) is 5.78 Å². The highest BCUT2D eigenvalue weighted by Crippen LogP contribution is 2.44. The van der Waals surface area contributed by atoms with Crippen LogP contribution in [-0.4, -0.2) is 75.9 Å². The molecule has 310 valence electrons. The second-order valence-corrected chi connectivity index (χ2v) is 17.6. The van der Waals surface area contributed by atoms with Crippen LogP contribution >= 0.6 is 11.3 Å². The zero-order chi connectivity index (χ0) is 41.2. The van der Waals surface area contributed by atoms with Crippen LogP contribution in [0, 0.1) is 5.41 Å². The Labute approximate surface area is 347 Å². The van der Waals surface area contributed by atoms with Gasteiger partial charge in [-0.3, -0.25) is 24.1 Å². The highest BCUT2D eigenvalue weighted by molar-refractivity contribution is 7.17. The van der Waals surface area contributed by atoms with E-state index in [0.717, 1.165) is 72.9 Å². The number of anilines is 1. The lowest BCUT2D eigenvalue weighted by atomic mass is 9.76. The van der Waals surface area contributed by atoms with Crippen molar-refractivity contribution in [3.8, 4) is 0 Å². The third-order valence-electron chi connectivity index (χ3n) is 11.5. The fourth-order valence-corrected chi connectivity index (χ4v) is 9.45. The molecule has 1 unspecified atom stereocenters. The molecule has 1 atom stereocenters. The molecule has 2 amide bonds. The van der Waals surface area contributed by atoms with Gasteiger partial charge in [0.2, 0.25) is 5.91 Å². The lowest BCUT2D eigenvalue weighted by Gasteiger charge is -2.32. The predicted octanol–water partition coefficient (Wildman–Crippen LogP) is 8.61. The molecule has 0 radical (unpaired) electrons. The lowest BCUT2D eigenvalue weighted by molar-refractivity contribution is -0.147. The zero-order valence-corrected chi connectivity index (χ0v) is 35.6. The van der Waals surface area contributed by atoms with Crippen LogP contribution in [0.15, 0.2) is 67.0 Å². The Morgan fingerprint density at radius 2 is 1.78 bits per heavy atom. The average molecular weight is 810 g/mol. The minimum absolute atomic E-state index is 0.0312. The molecule has 1 aliphatic carbocycles. The lowest BCUT2D eigenvalue weighted by Crippen LogP contribution is -2.41. The molecule has 0 spiro atoms. The van der Waals surface area contributed by atoms with Gasteiger partial charge >= 0.3 is 5.97 Å². The smallest absolute Gasteiger partial charge is 0.306 e. The van der Waals surface area contributed by atoms with Gasteiger partial charge in [-0.2, -0.15) is 5.10 Å². The number of hydrogen-bond donors (Lipinski definition) is 1. The number of likely N-dealkylation sites (N-methyl/N-ethyl adjacent to an activating group) is 1. The molecule has 3 heterocycles. The molecular weight excluding hydrogens is 751 g/mol. The Bertz CT molecular complexity index is 2030. The van der Waals surface area contributed by atoms with E-state index < -0.39 is 5.97 Å².